The molecule has 19 heavy (non-hydrogen) atoms. The van der Waals surface area contributed by atoms with Crippen LogP contribution in [0.25, 0.3) is 0 Å². The molecule has 1 heterocycles. The summed E-state index contributed by atoms with van der Waals surface area (Å²) in [6.07, 6.45) is 0.781. The van der Waals surface area contributed by atoms with Gasteiger partial charge in [0.25, 0.3) is 0 Å². The van der Waals surface area contributed by atoms with Crippen molar-refractivity contribution in [3.05, 3.63) is 0 Å². The van der Waals surface area contributed by atoms with Crippen molar-refractivity contribution in [3.8, 4) is 0 Å². The molecule has 0 aromatic rings. The molecule has 3 fully saturated rings. The molecule has 0 aromatic heterocycles. The van der Waals surface area contributed by atoms with Gasteiger partial charge in [0, 0.05) is 17.9 Å². The van der Waals surface area contributed by atoms with Gasteiger partial charge in [0.15, 0.2) is 0 Å². The predicted molar refractivity (Wildman–Crippen MR) is 69.1 cm³/mol. The molecule has 3 aliphatic rings. The van der Waals surface area contributed by atoms with Crippen LogP contribution in [0.4, 0.5) is 0 Å². The number of carbonyl (C=O) groups excluding carboxylic acids is 1. The maximum Gasteiger partial charge on any atom is 0.310 e. The Morgan fingerprint density at radius 1 is 1.42 bits per heavy atom. The summed E-state index contributed by atoms with van der Waals surface area (Å²) in [4.78, 5) is 12.2. The summed E-state index contributed by atoms with van der Waals surface area (Å²) in [6, 6.07) is 0. The van der Waals surface area contributed by atoms with Crippen LogP contribution >= 0.6 is 0 Å². The van der Waals surface area contributed by atoms with Crippen LogP contribution in [0.1, 0.15) is 33.6 Å². The summed E-state index contributed by atoms with van der Waals surface area (Å²) in [5, 5.41) is 20.4. The van der Waals surface area contributed by atoms with Crippen molar-refractivity contribution < 1.29 is 19.7 Å². The molecule has 3 rings (SSSR count). The van der Waals surface area contributed by atoms with Crippen molar-refractivity contribution in [2.45, 2.75) is 45.8 Å². The third kappa shape index (κ3) is 1.50. The first-order chi connectivity index (χ1) is 8.92. The number of fused-ring (bicyclic) bond motifs is 4. The van der Waals surface area contributed by atoms with Gasteiger partial charge in [0.1, 0.15) is 6.10 Å². The van der Waals surface area contributed by atoms with Gasteiger partial charge in [0.05, 0.1) is 12.0 Å². The largest absolute Gasteiger partial charge is 0.459 e. The fraction of sp³-hybridized carbons (Fsp3) is 0.933. The highest BCUT2D eigenvalue weighted by Crippen LogP contribution is 2.62. The summed E-state index contributed by atoms with van der Waals surface area (Å²) >= 11 is 0. The van der Waals surface area contributed by atoms with E-state index in [1.165, 1.54) is 0 Å². The van der Waals surface area contributed by atoms with Gasteiger partial charge in [-0.05, 0) is 30.6 Å². The van der Waals surface area contributed by atoms with Crippen molar-refractivity contribution in [3.63, 3.8) is 0 Å². The van der Waals surface area contributed by atoms with Crippen LogP contribution in [0.5, 0.6) is 0 Å². The highest BCUT2D eigenvalue weighted by atomic mass is 16.6. The van der Waals surface area contributed by atoms with Crippen LogP contribution in [0.15, 0.2) is 0 Å². The van der Waals surface area contributed by atoms with E-state index in [1.807, 2.05) is 6.92 Å². The minimum Gasteiger partial charge on any atom is -0.459 e. The molecule has 7 atom stereocenters. The fourth-order valence-electron chi connectivity index (χ4n) is 5.13. The molecule has 0 spiro atoms. The quantitative estimate of drug-likeness (QED) is 0.739. The number of hydrogen-bond acceptors (Lipinski definition) is 4. The highest BCUT2D eigenvalue weighted by Gasteiger charge is 2.68. The van der Waals surface area contributed by atoms with Crippen molar-refractivity contribution in [1.29, 1.82) is 0 Å². The zero-order valence-corrected chi connectivity index (χ0v) is 11.9. The number of ether oxygens (including phenoxy) is 1. The number of aliphatic hydroxyl groups is 2. The van der Waals surface area contributed by atoms with Crippen LogP contribution in [0.3, 0.4) is 0 Å². The van der Waals surface area contributed by atoms with Crippen LogP contribution < -0.4 is 0 Å². The van der Waals surface area contributed by atoms with Crippen LogP contribution in [0, 0.1) is 35.0 Å². The summed E-state index contributed by atoms with van der Waals surface area (Å²) in [6.45, 7) is 6.32. The molecule has 0 aromatic carbocycles. The third-order valence-corrected chi connectivity index (χ3v) is 6.20. The van der Waals surface area contributed by atoms with E-state index in [0.29, 0.717) is 5.92 Å². The zero-order valence-electron chi connectivity index (χ0n) is 11.9. The van der Waals surface area contributed by atoms with E-state index in [0.717, 1.165) is 12.8 Å². The van der Waals surface area contributed by atoms with Gasteiger partial charge in [-0.2, -0.15) is 0 Å². The molecule has 0 unspecified atom stereocenters. The molecular formula is C15H24O4. The minimum absolute atomic E-state index is 0.0834. The molecule has 0 radical (unpaired) electrons. The lowest BCUT2D eigenvalue weighted by molar-refractivity contribution is -0.152. The van der Waals surface area contributed by atoms with Gasteiger partial charge in [-0.15, -0.1) is 0 Å². The van der Waals surface area contributed by atoms with Crippen molar-refractivity contribution >= 4 is 5.97 Å². The number of aliphatic hydroxyl groups excluding tert-OH is 2. The maximum atomic E-state index is 12.2. The van der Waals surface area contributed by atoms with Gasteiger partial charge in [-0.3, -0.25) is 4.79 Å². The van der Waals surface area contributed by atoms with E-state index < -0.39 is 6.10 Å². The number of rotatable bonds is 2. The lowest BCUT2D eigenvalue weighted by Gasteiger charge is -2.49. The predicted octanol–water partition coefficient (Wildman–Crippen LogP) is 1.20. The summed E-state index contributed by atoms with van der Waals surface area (Å²) in [7, 11) is 0. The second kappa shape index (κ2) is 4.19. The van der Waals surface area contributed by atoms with Crippen molar-refractivity contribution in [2.75, 3.05) is 6.61 Å². The Bertz CT molecular complexity index is 394. The second-order valence-electron chi connectivity index (χ2n) is 7.12. The number of carbonyl (C=O) groups is 1. The summed E-state index contributed by atoms with van der Waals surface area (Å²) in [5.41, 5.74) is -0.373. The average Bonchev–Trinajstić information content (AvgIpc) is 2.84. The summed E-state index contributed by atoms with van der Waals surface area (Å²) in [5.74, 6) is 0.468. The van der Waals surface area contributed by atoms with E-state index in [4.69, 9.17) is 4.74 Å². The molecule has 108 valence electrons. The standard InChI is InChI=1S/C15H24O4/c1-7(2)10-11-9-5-4-8(6-16)15(9,3)13(17)12(10)19-14(11)18/h7-13,16-17H,4-6H2,1-3H3/t8-,9-,10-,11+,12+,13+,15-/m1/s1. The highest BCUT2D eigenvalue weighted by molar-refractivity contribution is 5.76. The molecule has 1 saturated heterocycles. The van der Waals surface area contributed by atoms with Gasteiger partial charge in [-0.1, -0.05) is 20.8 Å². The normalized spacial score (nSPS) is 52.4. The van der Waals surface area contributed by atoms with Gasteiger partial charge in [-0.25, -0.2) is 0 Å². The van der Waals surface area contributed by atoms with Crippen LogP contribution in [-0.4, -0.2) is 35.0 Å². The molecule has 2 bridgehead atoms. The first-order valence-corrected chi connectivity index (χ1v) is 7.42. The molecule has 2 aliphatic carbocycles. The Morgan fingerprint density at radius 3 is 2.68 bits per heavy atom. The number of esters is 1. The lowest BCUT2D eigenvalue weighted by atomic mass is 9.55. The Morgan fingerprint density at radius 2 is 2.11 bits per heavy atom. The van der Waals surface area contributed by atoms with E-state index in [1.54, 1.807) is 0 Å². The average molecular weight is 268 g/mol. The van der Waals surface area contributed by atoms with Gasteiger partial charge >= 0.3 is 5.97 Å². The Labute approximate surface area is 114 Å². The van der Waals surface area contributed by atoms with E-state index in [9.17, 15) is 15.0 Å². The minimum atomic E-state index is -0.646. The van der Waals surface area contributed by atoms with Crippen molar-refractivity contribution in [1.82, 2.24) is 0 Å². The zero-order chi connectivity index (χ0) is 13.9. The summed E-state index contributed by atoms with van der Waals surface area (Å²) < 4.78 is 5.50. The topological polar surface area (TPSA) is 66.8 Å². The smallest absolute Gasteiger partial charge is 0.310 e. The Balaban J connectivity index is 2.04. The molecule has 4 heteroatoms. The van der Waals surface area contributed by atoms with Crippen LogP contribution in [0.2, 0.25) is 0 Å². The second-order valence-corrected chi connectivity index (χ2v) is 7.12. The first kappa shape index (κ1) is 13.4. The molecule has 2 saturated carbocycles. The third-order valence-electron chi connectivity index (χ3n) is 6.20. The molecule has 4 nitrogen and oxygen atoms in total. The SMILES string of the molecule is CC(C)[C@H]1[C@@H]2OC(=O)[C@H]1[C@H]1CC[C@H](CO)[C@@]1(C)[C@H]2O. The van der Waals surface area contributed by atoms with E-state index in [2.05, 4.69) is 13.8 Å². The molecule has 1 aliphatic heterocycles. The molecule has 2 N–H and O–H groups in total. The van der Waals surface area contributed by atoms with Gasteiger partial charge < -0.3 is 14.9 Å². The van der Waals surface area contributed by atoms with Crippen LogP contribution in [-0.2, 0) is 9.53 Å². The van der Waals surface area contributed by atoms with Gasteiger partial charge in [0.2, 0.25) is 0 Å². The van der Waals surface area contributed by atoms with Crippen molar-refractivity contribution in [2.24, 2.45) is 35.0 Å². The first-order valence-electron chi connectivity index (χ1n) is 7.42. The van der Waals surface area contributed by atoms with E-state index in [-0.39, 0.29) is 47.8 Å². The fourth-order valence-corrected chi connectivity index (χ4v) is 5.13. The number of hydrogen-bond donors (Lipinski definition) is 2. The monoisotopic (exact) mass is 268 g/mol. The molecule has 0 amide bonds. The molecular weight excluding hydrogens is 244 g/mol. The maximum absolute atomic E-state index is 12.2. The van der Waals surface area contributed by atoms with E-state index >= 15 is 0 Å². The lowest BCUT2D eigenvalue weighted by Crippen LogP contribution is -2.57. The Hall–Kier alpha value is -0.610. The Kier molecular flexibility index (Phi) is 2.95.